The summed E-state index contributed by atoms with van der Waals surface area (Å²) < 4.78 is 11.2. The second kappa shape index (κ2) is 5.33. The van der Waals surface area contributed by atoms with Gasteiger partial charge in [-0.15, -0.1) is 0 Å². The maximum absolute atomic E-state index is 5.76. The standard InChI is InChI=1S/C12H19NO2/c1-2-13-8-12-10(6-7-14-12)9-15-11-4-3-5-11/h6-7,11,13H,2-5,8-9H2,1H3. The molecule has 0 aromatic carbocycles. The quantitative estimate of drug-likeness (QED) is 0.781. The van der Waals surface area contributed by atoms with Gasteiger partial charge >= 0.3 is 0 Å². The van der Waals surface area contributed by atoms with Gasteiger partial charge in [0, 0.05) is 5.56 Å². The molecule has 0 radical (unpaired) electrons. The Labute approximate surface area is 90.8 Å². The van der Waals surface area contributed by atoms with Crippen molar-refractivity contribution in [2.45, 2.75) is 45.4 Å². The van der Waals surface area contributed by atoms with Gasteiger partial charge in [-0.1, -0.05) is 6.92 Å². The second-order valence-corrected chi connectivity index (χ2v) is 4.01. The molecule has 1 aliphatic rings. The molecular weight excluding hydrogens is 190 g/mol. The van der Waals surface area contributed by atoms with Crippen molar-refractivity contribution in [1.82, 2.24) is 5.32 Å². The Hall–Kier alpha value is -0.800. The Morgan fingerprint density at radius 1 is 1.53 bits per heavy atom. The third kappa shape index (κ3) is 2.83. The van der Waals surface area contributed by atoms with Gasteiger partial charge in [0.25, 0.3) is 0 Å². The van der Waals surface area contributed by atoms with E-state index in [1.165, 1.54) is 24.8 Å². The highest BCUT2D eigenvalue weighted by Crippen LogP contribution is 2.24. The molecule has 0 amide bonds. The molecule has 1 aromatic heterocycles. The Kier molecular flexibility index (Phi) is 3.80. The van der Waals surface area contributed by atoms with Gasteiger partial charge < -0.3 is 14.5 Å². The van der Waals surface area contributed by atoms with E-state index in [2.05, 4.69) is 12.2 Å². The molecule has 0 spiro atoms. The average Bonchev–Trinajstić information content (AvgIpc) is 2.60. The Morgan fingerprint density at radius 2 is 2.40 bits per heavy atom. The van der Waals surface area contributed by atoms with Crippen LogP contribution in [0.15, 0.2) is 16.7 Å². The van der Waals surface area contributed by atoms with E-state index in [9.17, 15) is 0 Å². The normalized spacial score (nSPS) is 16.6. The Bertz CT molecular complexity index is 292. The maximum atomic E-state index is 5.76. The van der Waals surface area contributed by atoms with E-state index >= 15 is 0 Å². The van der Waals surface area contributed by atoms with Crippen LogP contribution in [-0.4, -0.2) is 12.6 Å². The third-order valence-electron chi connectivity index (χ3n) is 2.90. The minimum Gasteiger partial charge on any atom is -0.468 e. The zero-order chi connectivity index (χ0) is 10.5. The van der Waals surface area contributed by atoms with Crippen LogP contribution in [0.2, 0.25) is 0 Å². The summed E-state index contributed by atoms with van der Waals surface area (Å²) in [6.45, 7) is 4.55. The maximum Gasteiger partial charge on any atom is 0.123 e. The predicted molar refractivity (Wildman–Crippen MR) is 58.5 cm³/mol. The van der Waals surface area contributed by atoms with Gasteiger partial charge in [0.2, 0.25) is 0 Å². The molecule has 1 heterocycles. The second-order valence-electron chi connectivity index (χ2n) is 4.01. The molecule has 0 saturated heterocycles. The molecule has 1 aliphatic carbocycles. The number of furan rings is 1. The first kappa shape index (κ1) is 10.7. The largest absolute Gasteiger partial charge is 0.468 e. The van der Waals surface area contributed by atoms with Crippen LogP contribution in [0.4, 0.5) is 0 Å². The first-order chi connectivity index (χ1) is 7.40. The Balaban J connectivity index is 1.80. The van der Waals surface area contributed by atoms with Crippen LogP contribution in [0.1, 0.15) is 37.5 Å². The van der Waals surface area contributed by atoms with Crippen molar-refractivity contribution >= 4 is 0 Å². The van der Waals surface area contributed by atoms with E-state index in [-0.39, 0.29) is 0 Å². The molecule has 2 rings (SSSR count). The molecule has 1 N–H and O–H groups in total. The van der Waals surface area contributed by atoms with Crippen molar-refractivity contribution in [3.05, 3.63) is 23.7 Å². The van der Waals surface area contributed by atoms with Crippen LogP contribution in [-0.2, 0) is 17.9 Å². The summed E-state index contributed by atoms with van der Waals surface area (Å²) in [5, 5.41) is 3.26. The molecule has 1 aromatic rings. The fourth-order valence-electron chi connectivity index (χ4n) is 1.63. The van der Waals surface area contributed by atoms with Gasteiger partial charge in [0.05, 0.1) is 25.5 Å². The van der Waals surface area contributed by atoms with Crippen molar-refractivity contribution < 1.29 is 9.15 Å². The fourth-order valence-corrected chi connectivity index (χ4v) is 1.63. The highest BCUT2D eigenvalue weighted by atomic mass is 16.5. The number of nitrogens with one attached hydrogen (secondary N) is 1. The first-order valence-electron chi connectivity index (χ1n) is 5.77. The van der Waals surface area contributed by atoms with Crippen molar-refractivity contribution in [2.24, 2.45) is 0 Å². The summed E-state index contributed by atoms with van der Waals surface area (Å²) >= 11 is 0. The molecule has 15 heavy (non-hydrogen) atoms. The number of ether oxygens (including phenoxy) is 1. The van der Waals surface area contributed by atoms with Gasteiger partial charge in [0.15, 0.2) is 0 Å². The number of hydrogen-bond donors (Lipinski definition) is 1. The van der Waals surface area contributed by atoms with Gasteiger partial charge in [-0.3, -0.25) is 0 Å². The number of rotatable bonds is 6. The summed E-state index contributed by atoms with van der Waals surface area (Å²) in [5.41, 5.74) is 1.18. The van der Waals surface area contributed by atoms with Crippen LogP contribution < -0.4 is 5.32 Å². The van der Waals surface area contributed by atoms with Gasteiger partial charge in [-0.05, 0) is 31.9 Å². The van der Waals surface area contributed by atoms with Crippen LogP contribution in [0.3, 0.4) is 0 Å². The molecule has 84 valence electrons. The molecule has 0 unspecified atom stereocenters. The molecule has 1 fully saturated rings. The monoisotopic (exact) mass is 209 g/mol. The topological polar surface area (TPSA) is 34.4 Å². The summed E-state index contributed by atoms with van der Waals surface area (Å²) in [6, 6.07) is 2.01. The van der Waals surface area contributed by atoms with Crippen LogP contribution in [0.5, 0.6) is 0 Å². The zero-order valence-electron chi connectivity index (χ0n) is 9.29. The van der Waals surface area contributed by atoms with Crippen LogP contribution in [0, 0.1) is 0 Å². The highest BCUT2D eigenvalue weighted by Gasteiger charge is 2.18. The van der Waals surface area contributed by atoms with E-state index in [1.807, 2.05) is 6.07 Å². The van der Waals surface area contributed by atoms with Crippen LogP contribution in [0.25, 0.3) is 0 Å². The molecule has 0 aliphatic heterocycles. The van der Waals surface area contributed by atoms with E-state index in [0.29, 0.717) is 12.7 Å². The molecule has 0 atom stereocenters. The van der Waals surface area contributed by atoms with Crippen molar-refractivity contribution in [3.8, 4) is 0 Å². The molecule has 0 bridgehead atoms. The van der Waals surface area contributed by atoms with Crippen molar-refractivity contribution in [2.75, 3.05) is 6.54 Å². The Morgan fingerprint density at radius 3 is 3.07 bits per heavy atom. The summed E-state index contributed by atoms with van der Waals surface area (Å²) in [7, 11) is 0. The minimum atomic E-state index is 0.492. The van der Waals surface area contributed by atoms with E-state index < -0.39 is 0 Å². The molecule has 3 heteroatoms. The van der Waals surface area contributed by atoms with Crippen molar-refractivity contribution in [3.63, 3.8) is 0 Å². The lowest BCUT2D eigenvalue weighted by molar-refractivity contribution is -0.00923. The van der Waals surface area contributed by atoms with Gasteiger partial charge in [0.1, 0.15) is 5.76 Å². The van der Waals surface area contributed by atoms with Gasteiger partial charge in [-0.2, -0.15) is 0 Å². The SMILES string of the molecule is CCNCc1occc1COC1CCC1. The lowest BCUT2D eigenvalue weighted by Gasteiger charge is -2.25. The molecular formula is C12H19NO2. The number of hydrogen-bond acceptors (Lipinski definition) is 3. The average molecular weight is 209 g/mol. The first-order valence-corrected chi connectivity index (χ1v) is 5.77. The lowest BCUT2D eigenvalue weighted by atomic mass is 9.96. The van der Waals surface area contributed by atoms with E-state index in [4.69, 9.17) is 9.15 Å². The highest BCUT2D eigenvalue weighted by molar-refractivity contribution is 5.15. The molecule has 1 saturated carbocycles. The minimum absolute atomic E-state index is 0.492. The van der Waals surface area contributed by atoms with E-state index in [1.54, 1.807) is 6.26 Å². The van der Waals surface area contributed by atoms with Gasteiger partial charge in [-0.25, -0.2) is 0 Å². The van der Waals surface area contributed by atoms with Crippen molar-refractivity contribution in [1.29, 1.82) is 0 Å². The van der Waals surface area contributed by atoms with E-state index in [0.717, 1.165) is 18.8 Å². The predicted octanol–water partition coefficient (Wildman–Crippen LogP) is 2.46. The molecule has 3 nitrogen and oxygen atoms in total. The third-order valence-corrected chi connectivity index (χ3v) is 2.90. The lowest BCUT2D eigenvalue weighted by Crippen LogP contribution is -2.21. The van der Waals surface area contributed by atoms with Crippen LogP contribution >= 0.6 is 0 Å². The summed E-state index contributed by atoms with van der Waals surface area (Å²) in [5.74, 6) is 1.01. The zero-order valence-corrected chi connectivity index (χ0v) is 9.29. The summed E-state index contributed by atoms with van der Waals surface area (Å²) in [4.78, 5) is 0. The smallest absolute Gasteiger partial charge is 0.123 e. The summed E-state index contributed by atoms with van der Waals surface area (Å²) in [6.07, 6.45) is 6.00. The fraction of sp³-hybridized carbons (Fsp3) is 0.667.